The van der Waals surface area contributed by atoms with Gasteiger partial charge in [0, 0.05) is 25.8 Å². The van der Waals surface area contributed by atoms with Crippen molar-refractivity contribution in [3.8, 4) is 0 Å². The predicted molar refractivity (Wildman–Crippen MR) is 128 cm³/mol. The number of hydrogen-bond acceptors (Lipinski definition) is 2. The van der Waals surface area contributed by atoms with Crippen molar-refractivity contribution in [3.05, 3.63) is 48.0 Å². The number of ketones is 1. The van der Waals surface area contributed by atoms with Crippen LogP contribution in [0.2, 0.25) is 0 Å². The van der Waals surface area contributed by atoms with Crippen LogP contribution < -0.4 is 5.32 Å². The number of unbranched alkanes of at least 4 members (excludes halogenated alkanes) is 8. The molecule has 0 aliphatic heterocycles. The summed E-state index contributed by atoms with van der Waals surface area (Å²) in [4.78, 5) is 24.0. The molecule has 168 valence electrons. The van der Waals surface area contributed by atoms with Crippen LogP contribution in [0.3, 0.4) is 0 Å². The number of carbonyl (C=O) groups is 2. The average molecular weight is 414 g/mol. The number of Topliss-reactive ketones (excluding diaryl/α,β-unsaturated/α-hetero) is 1. The summed E-state index contributed by atoms with van der Waals surface area (Å²) >= 11 is 0. The minimum atomic E-state index is 0.143. The Balaban J connectivity index is 2.28. The largest absolute Gasteiger partial charge is 0.359 e. The maximum absolute atomic E-state index is 12.9. The van der Waals surface area contributed by atoms with Crippen LogP contribution in [0.5, 0.6) is 0 Å². The van der Waals surface area contributed by atoms with Gasteiger partial charge in [0.15, 0.2) is 0 Å². The third-order valence-electron chi connectivity index (χ3n) is 5.72. The van der Waals surface area contributed by atoms with E-state index in [0.29, 0.717) is 18.6 Å². The van der Waals surface area contributed by atoms with Crippen LogP contribution in [0, 0.1) is 5.92 Å². The monoisotopic (exact) mass is 413 g/mol. The van der Waals surface area contributed by atoms with Gasteiger partial charge < -0.3 is 5.32 Å². The topological polar surface area (TPSA) is 46.2 Å². The standard InChI is InChI=1S/C27H43NO2/c1-3-4-5-15-20-25(26(29)23-24-18-13-12-14-19-24)21-16-10-8-6-7-9-11-17-22-27(30)28-2/h10,12-14,16,18-19,25H,3-9,11,15,17,20-23H2,1-2H3,(H,28,30)/b16-10+. The van der Waals surface area contributed by atoms with Crippen molar-refractivity contribution in [3.63, 3.8) is 0 Å². The molecule has 0 aromatic heterocycles. The third kappa shape index (κ3) is 13.3. The minimum Gasteiger partial charge on any atom is -0.359 e. The van der Waals surface area contributed by atoms with Gasteiger partial charge in [-0.2, -0.15) is 0 Å². The molecule has 1 unspecified atom stereocenters. The number of rotatable bonds is 18. The Hall–Kier alpha value is -1.90. The number of benzene rings is 1. The SMILES string of the molecule is CCCCCCC(C/C=C/CCCCCCCC(=O)NC)C(=O)Cc1ccccc1. The summed E-state index contributed by atoms with van der Waals surface area (Å²) < 4.78 is 0. The summed E-state index contributed by atoms with van der Waals surface area (Å²) in [5.74, 6) is 0.686. The molecule has 0 bridgehead atoms. The average Bonchev–Trinajstić information content (AvgIpc) is 2.76. The van der Waals surface area contributed by atoms with Crippen molar-refractivity contribution in [2.24, 2.45) is 5.92 Å². The van der Waals surface area contributed by atoms with E-state index in [9.17, 15) is 9.59 Å². The molecule has 0 radical (unpaired) electrons. The normalized spacial score (nSPS) is 12.2. The molecule has 1 N–H and O–H groups in total. The second-order valence-corrected chi connectivity index (χ2v) is 8.36. The molecule has 3 nitrogen and oxygen atoms in total. The number of carbonyl (C=O) groups excluding carboxylic acids is 2. The van der Waals surface area contributed by atoms with Crippen LogP contribution in [0.15, 0.2) is 42.5 Å². The fourth-order valence-electron chi connectivity index (χ4n) is 3.75. The van der Waals surface area contributed by atoms with Crippen LogP contribution >= 0.6 is 0 Å². The molecule has 1 aromatic rings. The lowest BCUT2D eigenvalue weighted by molar-refractivity contribution is -0.122. The van der Waals surface area contributed by atoms with Crippen molar-refractivity contribution in [2.45, 2.75) is 96.8 Å². The van der Waals surface area contributed by atoms with E-state index >= 15 is 0 Å². The van der Waals surface area contributed by atoms with Crippen molar-refractivity contribution in [1.29, 1.82) is 0 Å². The highest BCUT2D eigenvalue weighted by molar-refractivity contribution is 5.83. The first-order valence-corrected chi connectivity index (χ1v) is 12.1. The van der Waals surface area contributed by atoms with Crippen LogP contribution in [-0.2, 0) is 16.0 Å². The first-order chi connectivity index (χ1) is 14.7. The Bertz CT molecular complexity index is 594. The second-order valence-electron chi connectivity index (χ2n) is 8.36. The number of allylic oxidation sites excluding steroid dienone is 2. The summed E-state index contributed by atoms with van der Waals surface area (Å²) in [6.45, 7) is 2.22. The van der Waals surface area contributed by atoms with Crippen molar-refractivity contribution in [1.82, 2.24) is 5.32 Å². The molecule has 0 fully saturated rings. The van der Waals surface area contributed by atoms with E-state index in [4.69, 9.17) is 0 Å². The molecule has 3 heteroatoms. The molecular weight excluding hydrogens is 370 g/mol. The summed E-state index contributed by atoms with van der Waals surface area (Å²) in [6, 6.07) is 10.1. The number of nitrogens with one attached hydrogen (secondary N) is 1. The maximum atomic E-state index is 12.9. The van der Waals surface area contributed by atoms with E-state index in [0.717, 1.165) is 44.1 Å². The van der Waals surface area contributed by atoms with Crippen molar-refractivity contribution in [2.75, 3.05) is 7.05 Å². The third-order valence-corrected chi connectivity index (χ3v) is 5.72. The van der Waals surface area contributed by atoms with Gasteiger partial charge in [-0.05, 0) is 37.7 Å². The van der Waals surface area contributed by atoms with Gasteiger partial charge >= 0.3 is 0 Å². The highest BCUT2D eigenvalue weighted by atomic mass is 16.1. The lowest BCUT2D eigenvalue weighted by Crippen LogP contribution is -2.16. The highest BCUT2D eigenvalue weighted by Gasteiger charge is 2.17. The Labute approximate surface area is 184 Å². The first-order valence-electron chi connectivity index (χ1n) is 12.1. The molecule has 0 aliphatic carbocycles. The van der Waals surface area contributed by atoms with E-state index < -0.39 is 0 Å². The Morgan fingerprint density at radius 3 is 2.33 bits per heavy atom. The molecule has 0 saturated heterocycles. The van der Waals surface area contributed by atoms with Gasteiger partial charge in [0.25, 0.3) is 0 Å². The van der Waals surface area contributed by atoms with Gasteiger partial charge in [0.1, 0.15) is 5.78 Å². The number of amides is 1. The Morgan fingerprint density at radius 1 is 0.900 bits per heavy atom. The highest BCUT2D eigenvalue weighted by Crippen LogP contribution is 2.19. The van der Waals surface area contributed by atoms with E-state index in [2.05, 4.69) is 36.5 Å². The molecule has 1 rings (SSSR count). The van der Waals surface area contributed by atoms with E-state index in [1.807, 2.05) is 18.2 Å². The quantitative estimate of drug-likeness (QED) is 0.212. The predicted octanol–water partition coefficient (Wildman–Crippen LogP) is 6.81. The zero-order valence-corrected chi connectivity index (χ0v) is 19.3. The van der Waals surface area contributed by atoms with E-state index in [1.54, 1.807) is 7.05 Å². The Morgan fingerprint density at radius 2 is 1.60 bits per heavy atom. The zero-order chi connectivity index (χ0) is 21.9. The first kappa shape index (κ1) is 26.1. The van der Waals surface area contributed by atoms with Crippen LogP contribution in [0.1, 0.15) is 96.0 Å². The Kier molecular flexibility index (Phi) is 15.6. The lowest BCUT2D eigenvalue weighted by Gasteiger charge is -2.14. The van der Waals surface area contributed by atoms with Gasteiger partial charge in [0.2, 0.25) is 5.91 Å². The smallest absolute Gasteiger partial charge is 0.219 e. The summed E-state index contributed by atoms with van der Waals surface area (Å²) in [6.07, 6.45) is 19.3. The summed E-state index contributed by atoms with van der Waals surface area (Å²) in [5.41, 5.74) is 1.13. The van der Waals surface area contributed by atoms with Crippen LogP contribution in [-0.4, -0.2) is 18.7 Å². The molecule has 0 saturated carbocycles. The van der Waals surface area contributed by atoms with E-state index in [1.165, 1.54) is 38.5 Å². The van der Waals surface area contributed by atoms with Crippen LogP contribution in [0.4, 0.5) is 0 Å². The maximum Gasteiger partial charge on any atom is 0.219 e. The molecule has 0 heterocycles. The van der Waals surface area contributed by atoms with Gasteiger partial charge in [-0.25, -0.2) is 0 Å². The zero-order valence-electron chi connectivity index (χ0n) is 19.3. The van der Waals surface area contributed by atoms with Crippen LogP contribution in [0.25, 0.3) is 0 Å². The molecule has 0 spiro atoms. The van der Waals surface area contributed by atoms with Crippen molar-refractivity contribution < 1.29 is 9.59 Å². The van der Waals surface area contributed by atoms with Crippen molar-refractivity contribution >= 4 is 11.7 Å². The molecular formula is C27H43NO2. The molecule has 30 heavy (non-hydrogen) atoms. The fourth-order valence-corrected chi connectivity index (χ4v) is 3.75. The molecule has 0 aliphatic rings. The minimum absolute atomic E-state index is 0.143. The molecule has 1 amide bonds. The van der Waals surface area contributed by atoms with E-state index in [-0.39, 0.29) is 11.8 Å². The van der Waals surface area contributed by atoms with Gasteiger partial charge in [-0.15, -0.1) is 0 Å². The second kappa shape index (κ2) is 17.9. The van der Waals surface area contributed by atoms with Gasteiger partial charge in [-0.1, -0.05) is 94.4 Å². The summed E-state index contributed by atoms with van der Waals surface area (Å²) in [7, 11) is 1.69. The van der Waals surface area contributed by atoms with Gasteiger partial charge in [0.05, 0.1) is 0 Å². The molecule has 1 aromatic carbocycles. The van der Waals surface area contributed by atoms with Gasteiger partial charge in [-0.3, -0.25) is 9.59 Å². The lowest BCUT2D eigenvalue weighted by atomic mass is 9.89. The summed E-state index contributed by atoms with van der Waals surface area (Å²) in [5, 5.41) is 2.67. The number of hydrogen-bond donors (Lipinski definition) is 1. The fraction of sp³-hybridized carbons (Fsp3) is 0.630. The molecule has 1 atom stereocenters.